The summed E-state index contributed by atoms with van der Waals surface area (Å²) in [5.74, 6) is 0.586. The number of amides is 1. The van der Waals surface area contributed by atoms with Crippen LogP contribution in [0.4, 0.5) is 11.4 Å². The lowest BCUT2D eigenvalue weighted by molar-refractivity contribution is 0.102. The van der Waals surface area contributed by atoms with Crippen molar-refractivity contribution in [1.82, 2.24) is 0 Å². The number of anilines is 2. The number of ether oxygens (including phenoxy) is 2. The van der Waals surface area contributed by atoms with Crippen molar-refractivity contribution >= 4 is 49.9 Å². The minimum atomic E-state index is -3.88. The third kappa shape index (κ3) is 5.47. The lowest BCUT2D eigenvalue weighted by Gasteiger charge is -2.13. The second kappa shape index (κ2) is 9.56. The number of carbonyl (C=O) groups is 1. The first-order valence-corrected chi connectivity index (χ1v) is 11.7. The maximum Gasteiger partial charge on any atom is 0.262 e. The molecule has 0 fully saturated rings. The number of rotatable bonds is 7. The van der Waals surface area contributed by atoms with Gasteiger partial charge < -0.3 is 14.8 Å². The average molecular weight is 552 g/mol. The van der Waals surface area contributed by atoms with Gasteiger partial charge >= 0.3 is 0 Å². The van der Waals surface area contributed by atoms with Crippen molar-refractivity contribution < 1.29 is 22.7 Å². The Kier molecular flexibility index (Phi) is 7.06. The highest BCUT2D eigenvalue weighted by atomic mass is 127. The highest BCUT2D eigenvalue weighted by molar-refractivity contribution is 14.1. The molecule has 3 aromatic rings. The molecule has 0 saturated heterocycles. The molecule has 0 aromatic heterocycles. The molecule has 0 aliphatic carbocycles. The molecule has 3 aromatic carbocycles. The van der Waals surface area contributed by atoms with Crippen molar-refractivity contribution in [2.45, 2.75) is 11.8 Å². The van der Waals surface area contributed by atoms with Gasteiger partial charge in [-0.25, -0.2) is 8.42 Å². The first kappa shape index (κ1) is 22.9. The fourth-order valence-electron chi connectivity index (χ4n) is 2.82. The first-order valence-electron chi connectivity index (χ1n) is 9.16. The van der Waals surface area contributed by atoms with E-state index < -0.39 is 10.0 Å². The molecule has 0 aliphatic heterocycles. The Labute approximate surface area is 195 Å². The van der Waals surface area contributed by atoms with Crippen molar-refractivity contribution in [1.29, 1.82) is 0 Å². The standard InChI is InChI=1S/C22H21IN2O5S/c1-14-4-10-18(19(23)12-14)22(26)24-15-5-8-17(9-6-15)31(27,28)25-20-13-16(29-2)7-11-21(20)30-3/h4-13,25H,1-3H3,(H,24,26). The summed E-state index contributed by atoms with van der Waals surface area (Å²) in [5.41, 5.74) is 2.36. The number of hydrogen-bond acceptors (Lipinski definition) is 5. The van der Waals surface area contributed by atoms with Crippen molar-refractivity contribution in [2.75, 3.05) is 24.3 Å². The van der Waals surface area contributed by atoms with Crippen LogP contribution < -0.4 is 19.5 Å². The van der Waals surface area contributed by atoms with Crippen molar-refractivity contribution in [3.63, 3.8) is 0 Å². The van der Waals surface area contributed by atoms with E-state index in [0.717, 1.165) is 9.13 Å². The fraction of sp³-hybridized carbons (Fsp3) is 0.136. The third-order valence-electron chi connectivity index (χ3n) is 4.44. The topological polar surface area (TPSA) is 93.7 Å². The lowest BCUT2D eigenvalue weighted by Crippen LogP contribution is -2.15. The van der Waals surface area contributed by atoms with Crippen LogP contribution in [0.1, 0.15) is 15.9 Å². The van der Waals surface area contributed by atoms with E-state index in [1.807, 2.05) is 19.1 Å². The summed E-state index contributed by atoms with van der Waals surface area (Å²) in [6, 6.07) is 16.3. The number of hydrogen-bond donors (Lipinski definition) is 2. The Balaban J connectivity index is 1.78. The monoisotopic (exact) mass is 552 g/mol. The Morgan fingerprint density at radius 2 is 1.65 bits per heavy atom. The van der Waals surface area contributed by atoms with E-state index >= 15 is 0 Å². The van der Waals surface area contributed by atoms with Gasteiger partial charge in [-0.15, -0.1) is 0 Å². The number of aryl methyl sites for hydroxylation is 1. The SMILES string of the molecule is COc1ccc(OC)c(NS(=O)(=O)c2ccc(NC(=O)c3ccc(C)cc3I)cc2)c1. The minimum Gasteiger partial charge on any atom is -0.497 e. The number of benzene rings is 3. The predicted octanol–water partition coefficient (Wildman–Crippen LogP) is 4.67. The smallest absolute Gasteiger partial charge is 0.262 e. The van der Waals surface area contributed by atoms with E-state index in [1.54, 1.807) is 18.2 Å². The second-order valence-corrected chi connectivity index (χ2v) is 9.48. The van der Waals surface area contributed by atoms with Gasteiger partial charge in [0.25, 0.3) is 15.9 Å². The molecule has 7 nitrogen and oxygen atoms in total. The molecule has 3 rings (SSSR count). The molecule has 0 unspecified atom stereocenters. The molecular formula is C22H21IN2O5S. The van der Waals surface area contributed by atoms with Crippen molar-refractivity contribution in [3.05, 3.63) is 75.4 Å². The molecule has 0 aliphatic rings. The number of halogens is 1. The summed E-state index contributed by atoms with van der Waals surface area (Å²) >= 11 is 2.11. The Morgan fingerprint density at radius 3 is 2.26 bits per heavy atom. The largest absolute Gasteiger partial charge is 0.497 e. The zero-order valence-corrected chi connectivity index (χ0v) is 20.1. The molecule has 1 amide bonds. The lowest BCUT2D eigenvalue weighted by atomic mass is 10.1. The second-order valence-electron chi connectivity index (χ2n) is 6.63. The summed E-state index contributed by atoms with van der Waals surface area (Å²) in [4.78, 5) is 12.6. The Morgan fingerprint density at radius 1 is 0.935 bits per heavy atom. The molecule has 0 radical (unpaired) electrons. The number of methoxy groups -OCH3 is 2. The molecule has 0 saturated carbocycles. The normalized spacial score (nSPS) is 11.0. The highest BCUT2D eigenvalue weighted by Crippen LogP contribution is 2.31. The minimum absolute atomic E-state index is 0.0419. The average Bonchev–Trinajstić information content (AvgIpc) is 2.73. The van der Waals surface area contributed by atoms with Gasteiger partial charge in [-0.3, -0.25) is 9.52 Å². The molecule has 0 heterocycles. The molecule has 0 bridgehead atoms. The quantitative estimate of drug-likeness (QED) is 0.416. The molecule has 9 heteroatoms. The van der Waals surface area contributed by atoms with E-state index in [0.29, 0.717) is 22.7 Å². The highest BCUT2D eigenvalue weighted by Gasteiger charge is 2.18. The number of carbonyl (C=O) groups excluding carboxylic acids is 1. The van der Waals surface area contributed by atoms with E-state index in [2.05, 4.69) is 32.6 Å². The van der Waals surface area contributed by atoms with Crippen LogP contribution in [-0.4, -0.2) is 28.5 Å². The molecule has 0 spiro atoms. The molecule has 0 atom stereocenters. The van der Waals surface area contributed by atoms with Crippen LogP contribution in [0.3, 0.4) is 0 Å². The van der Waals surface area contributed by atoms with Crippen LogP contribution in [0, 0.1) is 10.5 Å². The van der Waals surface area contributed by atoms with Crippen molar-refractivity contribution in [3.8, 4) is 11.5 Å². The fourth-order valence-corrected chi connectivity index (χ4v) is 4.79. The Bertz CT molecular complexity index is 1210. The first-order chi connectivity index (χ1) is 14.7. The Hall–Kier alpha value is -2.79. The maximum atomic E-state index is 12.8. The summed E-state index contributed by atoms with van der Waals surface area (Å²) < 4.78 is 39.3. The summed E-state index contributed by atoms with van der Waals surface area (Å²) in [6.07, 6.45) is 0. The maximum absolute atomic E-state index is 12.8. The number of sulfonamides is 1. The zero-order chi connectivity index (χ0) is 22.6. The molecule has 31 heavy (non-hydrogen) atoms. The van der Waals surface area contributed by atoms with Gasteiger partial charge in [0.05, 0.1) is 30.4 Å². The van der Waals surface area contributed by atoms with Gasteiger partial charge in [-0.1, -0.05) is 11.6 Å². The molecular weight excluding hydrogens is 531 g/mol. The van der Waals surface area contributed by atoms with Crippen LogP contribution in [0.25, 0.3) is 0 Å². The van der Waals surface area contributed by atoms with E-state index in [4.69, 9.17) is 9.47 Å². The molecule has 162 valence electrons. The van der Waals surface area contributed by atoms with Gasteiger partial charge in [0.2, 0.25) is 0 Å². The van der Waals surface area contributed by atoms with Gasteiger partial charge in [0.1, 0.15) is 11.5 Å². The van der Waals surface area contributed by atoms with Crippen LogP contribution in [0.5, 0.6) is 11.5 Å². The zero-order valence-electron chi connectivity index (χ0n) is 17.1. The van der Waals surface area contributed by atoms with Crippen LogP contribution in [0.15, 0.2) is 65.6 Å². The third-order valence-corrected chi connectivity index (χ3v) is 6.72. The van der Waals surface area contributed by atoms with E-state index in [1.165, 1.54) is 44.6 Å². The van der Waals surface area contributed by atoms with E-state index in [-0.39, 0.29) is 16.5 Å². The summed E-state index contributed by atoms with van der Waals surface area (Å²) in [5, 5.41) is 2.78. The van der Waals surface area contributed by atoms with E-state index in [9.17, 15) is 13.2 Å². The van der Waals surface area contributed by atoms with Crippen LogP contribution >= 0.6 is 22.6 Å². The number of nitrogens with one attached hydrogen (secondary N) is 2. The van der Waals surface area contributed by atoms with Gasteiger partial charge in [-0.05, 0) is 78.0 Å². The van der Waals surface area contributed by atoms with Gasteiger partial charge in [0, 0.05) is 15.3 Å². The summed E-state index contributed by atoms with van der Waals surface area (Å²) in [6.45, 7) is 1.96. The predicted molar refractivity (Wildman–Crippen MR) is 129 cm³/mol. The van der Waals surface area contributed by atoms with Crippen molar-refractivity contribution in [2.24, 2.45) is 0 Å². The molecule has 2 N–H and O–H groups in total. The van der Waals surface area contributed by atoms with Gasteiger partial charge in [-0.2, -0.15) is 0 Å². The van der Waals surface area contributed by atoms with Crippen LogP contribution in [0.2, 0.25) is 0 Å². The van der Waals surface area contributed by atoms with Crippen LogP contribution in [-0.2, 0) is 10.0 Å². The van der Waals surface area contributed by atoms with Gasteiger partial charge in [0.15, 0.2) is 0 Å². The summed E-state index contributed by atoms with van der Waals surface area (Å²) in [7, 11) is -0.938.